The molecule has 152 valence electrons. The summed E-state index contributed by atoms with van der Waals surface area (Å²) in [7, 11) is 0. The second-order valence-corrected chi connectivity index (χ2v) is 7.59. The molecule has 1 fully saturated rings. The van der Waals surface area contributed by atoms with Gasteiger partial charge in [-0.2, -0.15) is 0 Å². The summed E-state index contributed by atoms with van der Waals surface area (Å²) >= 11 is 0. The molecule has 2 heterocycles. The van der Waals surface area contributed by atoms with E-state index in [1.807, 2.05) is 42.5 Å². The average Bonchev–Trinajstić information content (AvgIpc) is 3.51. The molecule has 1 N–H and O–H groups in total. The van der Waals surface area contributed by atoms with Crippen LogP contribution < -0.4 is 10.3 Å². The lowest BCUT2D eigenvalue weighted by Crippen LogP contribution is -2.11. The van der Waals surface area contributed by atoms with E-state index in [9.17, 15) is 4.79 Å². The second-order valence-electron chi connectivity index (χ2n) is 7.59. The van der Waals surface area contributed by atoms with Gasteiger partial charge in [-0.25, -0.2) is 4.98 Å². The minimum atomic E-state index is -0.139. The van der Waals surface area contributed by atoms with Gasteiger partial charge in [0, 0.05) is 5.56 Å². The maximum absolute atomic E-state index is 12.8. The summed E-state index contributed by atoms with van der Waals surface area (Å²) < 4.78 is 11.8. The largest absolute Gasteiger partial charge is 0.493 e. The molecule has 2 atom stereocenters. The maximum Gasteiger partial charge on any atom is 0.259 e. The molecule has 1 aliphatic rings. The summed E-state index contributed by atoms with van der Waals surface area (Å²) in [6.45, 7) is 4.89. The molecule has 3 aromatic rings. The third kappa shape index (κ3) is 4.20. The maximum atomic E-state index is 12.8. The van der Waals surface area contributed by atoms with Gasteiger partial charge in [-0.3, -0.25) is 4.79 Å². The van der Waals surface area contributed by atoms with Crippen LogP contribution in [0.3, 0.4) is 0 Å². The van der Waals surface area contributed by atoms with Gasteiger partial charge in [-0.15, -0.1) is 0 Å². The summed E-state index contributed by atoms with van der Waals surface area (Å²) in [5, 5.41) is 0.598. The highest BCUT2D eigenvalue weighted by molar-refractivity contribution is 5.83. The minimum Gasteiger partial charge on any atom is -0.493 e. The highest BCUT2D eigenvalue weighted by Crippen LogP contribution is 2.43. The Balaban J connectivity index is 1.71. The fraction of sp³-hybridized carbons (Fsp3) is 0.417. The fourth-order valence-electron chi connectivity index (χ4n) is 3.77. The van der Waals surface area contributed by atoms with Gasteiger partial charge in [0.25, 0.3) is 5.56 Å². The number of hydrogen-bond acceptors (Lipinski definition) is 4. The highest BCUT2D eigenvalue weighted by Gasteiger charge is 2.40. The molecule has 2 unspecified atom stereocenters. The fourth-order valence-corrected chi connectivity index (χ4v) is 3.77. The average molecular weight is 392 g/mol. The molecule has 0 spiro atoms. The number of epoxide rings is 1. The standard InChI is InChI=1S/C24H28N2O3/c1-3-5-6-14-20-22(29-20)17-11-9-12-18-21(17)25-23(26-24(18)27)16-10-7-8-13-19(16)28-15-4-2/h7-13,20,22H,3-6,14-15H2,1-2H3,(H,25,26,27). The number of fused-ring (bicyclic) bond motifs is 1. The Bertz CT molecular complexity index is 1040. The molecule has 0 saturated carbocycles. The van der Waals surface area contributed by atoms with E-state index in [2.05, 4.69) is 18.8 Å². The Morgan fingerprint density at radius 2 is 1.93 bits per heavy atom. The molecule has 0 aliphatic carbocycles. The van der Waals surface area contributed by atoms with Crippen LogP contribution in [0, 0.1) is 0 Å². The number of rotatable bonds is 9. The molecular formula is C24H28N2O3. The van der Waals surface area contributed by atoms with Crippen molar-refractivity contribution in [3.05, 3.63) is 58.4 Å². The van der Waals surface area contributed by atoms with Crippen molar-refractivity contribution in [3.8, 4) is 17.1 Å². The van der Waals surface area contributed by atoms with Crippen LogP contribution in [-0.4, -0.2) is 22.7 Å². The summed E-state index contributed by atoms with van der Waals surface area (Å²) in [5.74, 6) is 1.26. The van der Waals surface area contributed by atoms with E-state index >= 15 is 0 Å². The van der Waals surface area contributed by atoms with Gasteiger partial charge >= 0.3 is 0 Å². The van der Waals surface area contributed by atoms with Gasteiger partial charge in [-0.1, -0.05) is 57.4 Å². The number of nitrogens with one attached hydrogen (secondary N) is 1. The van der Waals surface area contributed by atoms with Crippen molar-refractivity contribution >= 4 is 10.9 Å². The summed E-state index contributed by atoms with van der Waals surface area (Å²) in [4.78, 5) is 20.6. The Morgan fingerprint density at radius 3 is 2.76 bits per heavy atom. The molecule has 0 radical (unpaired) electrons. The molecule has 5 nitrogen and oxygen atoms in total. The predicted octanol–water partition coefficient (Wildman–Crippen LogP) is 5.40. The van der Waals surface area contributed by atoms with Crippen molar-refractivity contribution in [1.82, 2.24) is 9.97 Å². The lowest BCUT2D eigenvalue weighted by Gasteiger charge is -2.11. The smallest absolute Gasteiger partial charge is 0.259 e. The molecule has 2 aromatic carbocycles. The van der Waals surface area contributed by atoms with E-state index < -0.39 is 0 Å². The lowest BCUT2D eigenvalue weighted by atomic mass is 10.0. The number of hydrogen-bond donors (Lipinski definition) is 1. The minimum absolute atomic E-state index is 0.0318. The molecule has 1 aliphatic heterocycles. The van der Waals surface area contributed by atoms with E-state index in [1.54, 1.807) is 0 Å². The normalized spacial score (nSPS) is 18.1. The zero-order chi connectivity index (χ0) is 20.2. The number of benzene rings is 2. The monoisotopic (exact) mass is 392 g/mol. The number of aromatic amines is 1. The van der Waals surface area contributed by atoms with Crippen LogP contribution in [0.15, 0.2) is 47.3 Å². The summed E-state index contributed by atoms with van der Waals surface area (Å²) in [5.41, 5.74) is 2.38. The first-order valence-corrected chi connectivity index (χ1v) is 10.6. The SMILES string of the molecule is CCCCCC1OC1c1cccc2c(=O)[nH]c(-c3ccccc3OCCC)nc12. The number of para-hydroxylation sites is 2. The molecular weight excluding hydrogens is 364 g/mol. The predicted molar refractivity (Wildman–Crippen MR) is 115 cm³/mol. The van der Waals surface area contributed by atoms with E-state index in [1.165, 1.54) is 19.3 Å². The van der Waals surface area contributed by atoms with Crippen LogP contribution in [0.2, 0.25) is 0 Å². The van der Waals surface area contributed by atoms with Crippen molar-refractivity contribution in [2.75, 3.05) is 6.61 Å². The third-order valence-corrected chi connectivity index (χ3v) is 5.35. The van der Waals surface area contributed by atoms with Crippen LogP contribution in [-0.2, 0) is 4.74 Å². The summed E-state index contributed by atoms with van der Waals surface area (Å²) in [6.07, 6.45) is 5.83. The van der Waals surface area contributed by atoms with Crippen LogP contribution in [0.25, 0.3) is 22.3 Å². The van der Waals surface area contributed by atoms with Gasteiger partial charge in [0.05, 0.1) is 29.2 Å². The molecule has 5 heteroatoms. The van der Waals surface area contributed by atoms with E-state index in [-0.39, 0.29) is 17.8 Å². The highest BCUT2D eigenvalue weighted by atomic mass is 16.6. The van der Waals surface area contributed by atoms with Crippen molar-refractivity contribution in [3.63, 3.8) is 0 Å². The Morgan fingerprint density at radius 1 is 1.07 bits per heavy atom. The number of ether oxygens (including phenoxy) is 2. The van der Waals surface area contributed by atoms with Crippen LogP contribution >= 0.6 is 0 Å². The van der Waals surface area contributed by atoms with Gasteiger partial charge in [0.2, 0.25) is 0 Å². The Labute approximate surface area is 171 Å². The first-order chi connectivity index (χ1) is 14.2. The zero-order valence-electron chi connectivity index (χ0n) is 17.1. The van der Waals surface area contributed by atoms with Crippen LogP contribution in [0.1, 0.15) is 57.6 Å². The number of H-pyrrole nitrogens is 1. The van der Waals surface area contributed by atoms with Gasteiger partial charge in [0.15, 0.2) is 0 Å². The molecule has 0 bridgehead atoms. The zero-order valence-corrected chi connectivity index (χ0v) is 17.1. The Hall–Kier alpha value is -2.66. The summed E-state index contributed by atoms with van der Waals surface area (Å²) in [6, 6.07) is 13.5. The van der Waals surface area contributed by atoms with Gasteiger partial charge < -0.3 is 14.5 Å². The van der Waals surface area contributed by atoms with Crippen molar-refractivity contribution < 1.29 is 9.47 Å². The van der Waals surface area contributed by atoms with E-state index in [0.717, 1.165) is 35.2 Å². The van der Waals surface area contributed by atoms with Crippen LogP contribution in [0.5, 0.6) is 5.75 Å². The first kappa shape index (κ1) is 19.6. The Kier molecular flexibility index (Phi) is 5.95. The van der Waals surface area contributed by atoms with Crippen molar-refractivity contribution in [1.29, 1.82) is 0 Å². The lowest BCUT2D eigenvalue weighted by molar-refractivity contribution is 0.318. The molecule has 4 rings (SSSR count). The molecule has 1 aromatic heterocycles. The first-order valence-electron chi connectivity index (χ1n) is 10.6. The second kappa shape index (κ2) is 8.78. The molecule has 29 heavy (non-hydrogen) atoms. The third-order valence-electron chi connectivity index (χ3n) is 5.35. The molecule has 0 amide bonds. The molecule has 1 saturated heterocycles. The van der Waals surface area contributed by atoms with E-state index in [4.69, 9.17) is 14.5 Å². The number of nitrogens with zero attached hydrogens (tertiary/aromatic N) is 1. The van der Waals surface area contributed by atoms with E-state index in [0.29, 0.717) is 17.8 Å². The van der Waals surface area contributed by atoms with Gasteiger partial charge in [0.1, 0.15) is 17.7 Å². The topological polar surface area (TPSA) is 67.5 Å². The van der Waals surface area contributed by atoms with Gasteiger partial charge in [-0.05, 0) is 31.0 Å². The van der Waals surface area contributed by atoms with Crippen LogP contribution in [0.4, 0.5) is 0 Å². The number of aromatic nitrogens is 2. The number of unbranched alkanes of at least 4 members (excludes halogenated alkanes) is 2. The quantitative estimate of drug-likeness (QED) is 0.391. The van der Waals surface area contributed by atoms with Crippen molar-refractivity contribution in [2.45, 2.75) is 58.2 Å². The van der Waals surface area contributed by atoms with Crippen molar-refractivity contribution in [2.24, 2.45) is 0 Å².